The molecule has 100 valence electrons. The molecule has 1 aromatic heterocycles. The van der Waals surface area contributed by atoms with Gasteiger partial charge in [0.25, 0.3) is 0 Å². The molecule has 0 amide bonds. The maximum atomic E-state index is 4.26. The van der Waals surface area contributed by atoms with Gasteiger partial charge < -0.3 is 10.2 Å². The molecule has 1 aromatic rings. The van der Waals surface area contributed by atoms with Crippen LogP contribution in [-0.4, -0.2) is 48.6 Å². The van der Waals surface area contributed by atoms with Crippen LogP contribution in [0, 0.1) is 0 Å². The van der Waals surface area contributed by atoms with E-state index >= 15 is 0 Å². The van der Waals surface area contributed by atoms with Gasteiger partial charge in [-0.15, -0.1) is 0 Å². The Morgan fingerprint density at radius 3 is 2.39 bits per heavy atom. The van der Waals surface area contributed by atoms with E-state index in [1.165, 1.54) is 5.69 Å². The van der Waals surface area contributed by atoms with Crippen molar-refractivity contribution in [2.24, 2.45) is 0 Å². The van der Waals surface area contributed by atoms with Gasteiger partial charge in [0.2, 0.25) is 0 Å². The molecule has 0 saturated carbocycles. The first kappa shape index (κ1) is 13.1. The lowest BCUT2D eigenvalue weighted by Crippen LogP contribution is -2.53. The highest BCUT2D eigenvalue weighted by Crippen LogP contribution is 2.21. The summed E-state index contributed by atoms with van der Waals surface area (Å²) in [6.07, 6.45) is 1.87. The molecule has 0 radical (unpaired) electrons. The molecular weight excluding hydrogens is 224 g/mol. The van der Waals surface area contributed by atoms with Gasteiger partial charge in [0.05, 0.1) is 0 Å². The number of hydrogen-bond donors (Lipinski definition) is 1. The minimum Gasteiger partial charge on any atom is -0.373 e. The van der Waals surface area contributed by atoms with Gasteiger partial charge in [0.15, 0.2) is 0 Å². The third kappa shape index (κ3) is 2.93. The summed E-state index contributed by atoms with van der Waals surface area (Å²) in [4.78, 5) is 9.24. The summed E-state index contributed by atoms with van der Waals surface area (Å²) in [6.45, 7) is 11.3. The third-order valence-electron chi connectivity index (χ3n) is 3.59. The van der Waals surface area contributed by atoms with Crippen molar-refractivity contribution in [3.05, 3.63) is 18.3 Å². The summed E-state index contributed by atoms with van der Waals surface area (Å²) in [7, 11) is 1.91. The van der Waals surface area contributed by atoms with Crippen LogP contribution in [-0.2, 0) is 0 Å². The molecule has 1 saturated heterocycles. The van der Waals surface area contributed by atoms with Gasteiger partial charge in [0, 0.05) is 56.7 Å². The maximum absolute atomic E-state index is 4.26. The quantitative estimate of drug-likeness (QED) is 0.868. The normalized spacial score (nSPS) is 17.9. The van der Waals surface area contributed by atoms with Crippen LogP contribution in [0.25, 0.3) is 0 Å². The molecule has 1 aliphatic rings. The fourth-order valence-corrected chi connectivity index (χ4v) is 2.39. The first-order chi connectivity index (χ1) is 8.50. The Labute approximate surface area is 110 Å². The van der Waals surface area contributed by atoms with Gasteiger partial charge >= 0.3 is 0 Å². The second-order valence-corrected chi connectivity index (χ2v) is 5.79. The van der Waals surface area contributed by atoms with E-state index in [1.807, 2.05) is 13.2 Å². The highest BCUT2D eigenvalue weighted by atomic mass is 15.3. The first-order valence-corrected chi connectivity index (χ1v) is 6.64. The second kappa shape index (κ2) is 5.14. The molecule has 2 rings (SSSR count). The van der Waals surface area contributed by atoms with Crippen LogP contribution in [0.5, 0.6) is 0 Å². The summed E-state index contributed by atoms with van der Waals surface area (Å²) in [5, 5.41) is 3.09. The van der Waals surface area contributed by atoms with Crippen molar-refractivity contribution in [3.8, 4) is 0 Å². The molecule has 0 aliphatic carbocycles. The van der Waals surface area contributed by atoms with E-state index < -0.39 is 0 Å². The fraction of sp³-hybridized carbons (Fsp3) is 0.643. The van der Waals surface area contributed by atoms with Crippen LogP contribution in [0.15, 0.2) is 18.3 Å². The number of aromatic nitrogens is 1. The van der Waals surface area contributed by atoms with Crippen LogP contribution in [0.1, 0.15) is 20.8 Å². The zero-order valence-electron chi connectivity index (χ0n) is 11.9. The van der Waals surface area contributed by atoms with Crippen molar-refractivity contribution in [1.82, 2.24) is 9.88 Å². The van der Waals surface area contributed by atoms with Crippen molar-refractivity contribution >= 4 is 11.5 Å². The van der Waals surface area contributed by atoms with Crippen molar-refractivity contribution in [2.75, 3.05) is 43.4 Å². The van der Waals surface area contributed by atoms with Crippen molar-refractivity contribution in [3.63, 3.8) is 0 Å². The summed E-state index contributed by atoms with van der Waals surface area (Å²) in [5.74, 6) is 0.936. The molecule has 1 N–H and O–H groups in total. The molecule has 4 nitrogen and oxygen atoms in total. The van der Waals surface area contributed by atoms with Gasteiger partial charge in [-0.2, -0.15) is 0 Å². The Kier molecular flexibility index (Phi) is 3.76. The lowest BCUT2D eigenvalue weighted by molar-refractivity contribution is 0.128. The van der Waals surface area contributed by atoms with Gasteiger partial charge in [-0.1, -0.05) is 0 Å². The van der Waals surface area contributed by atoms with E-state index in [1.54, 1.807) is 0 Å². The number of nitrogens with zero attached hydrogens (tertiary/aromatic N) is 3. The predicted octanol–water partition coefficient (Wildman–Crippen LogP) is 2.04. The zero-order valence-corrected chi connectivity index (χ0v) is 11.9. The van der Waals surface area contributed by atoms with Crippen LogP contribution in [0.3, 0.4) is 0 Å². The number of anilines is 2. The van der Waals surface area contributed by atoms with E-state index in [0.29, 0.717) is 0 Å². The number of rotatable bonds is 2. The van der Waals surface area contributed by atoms with E-state index in [4.69, 9.17) is 0 Å². The molecule has 0 spiro atoms. The summed E-state index contributed by atoms with van der Waals surface area (Å²) >= 11 is 0. The van der Waals surface area contributed by atoms with Crippen LogP contribution in [0.4, 0.5) is 11.5 Å². The summed E-state index contributed by atoms with van der Waals surface area (Å²) in [5.41, 5.74) is 1.54. The molecule has 18 heavy (non-hydrogen) atoms. The number of nitrogens with one attached hydrogen (secondary N) is 1. The largest absolute Gasteiger partial charge is 0.373 e. The molecule has 2 heterocycles. The highest BCUT2D eigenvalue weighted by Gasteiger charge is 2.25. The van der Waals surface area contributed by atoms with Gasteiger partial charge in [-0.25, -0.2) is 4.98 Å². The summed E-state index contributed by atoms with van der Waals surface area (Å²) < 4.78 is 0. The SMILES string of the molecule is CNc1cc(N2CCN(C(C)(C)C)CC2)ccn1. The van der Waals surface area contributed by atoms with E-state index in [9.17, 15) is 0 Å². The molecule has 1 aliphatic heterocycles. The van der Waals surface area contributed by atoms with E-state index in [0.717, 1.165) is 32.0 Å². The molecule has 1 fully saturated rings. The van der Waals surface area contributed by atoms with Crippen LogP contribution < -0.4 is 10.2 Å². The van der Waals surface area contributed by atoms with Crippen LogP contribution >= 0.6 is 0 Å². The Morgan fingerprint density at radius 2 is 1.83 bits per heavy atom. The molecule has 0 atom stereocenters. The lowest BCUT2D eigenvalue weighted by atomic mass is 10.0. The average Bonchev–Trinajstić information content (AvgIpc) is 2.38. The third-order valence-corrected chi connectivity index (χ3v) is 3.59. The lowest BCUT2D eigenvalue weighted by Gasteiger charge is -2.43. The van der Waals surface area contributed by atoms with Crippen LogP contribution in [0.2, 0.25) is 0 Å². The Bertz CT molecular complexity index is 389. The fourth-order valence-electron chi connectivity index (χ4n) is 2.39. The minimum atomic E-state index is 0.278. The maximum Gasteiger partial charge on any atom is 0.127 e. The Balaban J connectivity index is 2.01. The van der Waals surface area contributed by atoms with Crippen molar-refractivity contribution in [2.45, 2.75) is 26.3 Å². The highest BCUT2D eigenvalue weighted by molar-refractivity contribution is 5.53. The van der Waals surface area contributed by atoms with Gasteiger partial charge in [-0.05, 0) is 26.8 Å². The molecule has 4 heteroatoms. The van der Waals surface area contributed by atoms with Gasteiger partial charge in [0.1, 0.15) is 5.82 Å². The summed E-state index contributed by atoms with van der Waals surface area (Å²) in [6, 6.07) is 4.21. The molecule has 0 bridgehead atoms. The number of hydrogen-bond acceptors (Lipinski definition) is 4. The smallest absolute Gasteiger partial charge is 0.127 e. The second-order valence-electron chi connectivity index (χ2n) is 5.79. The first-order valence-electron chi connectivity index (χ1n) is 6.64. The topological polar surface area (TPSA) is 31.4 Å². The average molecular weight is 248 g/mol. The predicted molar refractivity (Wildman–Crippen MR) is 77.3 cm³/mol. The standard InChI is InChI=1S/C14H24N4/c1-14(2,3)18-9-7-17(8-10-18)12-5-6-16-13(11-12)15-4/h5-6,11H,7-10H2,1-4H3,(H,15,16). The molecule has 0 unspecified atom stereocenters. The number of pyridine rings is 1. The minimum absolute atomic E-state index is 0.278. The molecule has 0 aromatic carbocycles. The Morgan fingerprint density at radius 1 is 1.17 bits per heavy atom. The molecular formula is C14H24N4. The monoisotopic (exact) mass is 248 g/mol. The Hall–Kier alpha value is -1.29. The number of piperazine rings is 1. The van der Waals surface area contributed by atoms with E-state index in [2.05, 4.69) is 53.0 Å². The van der Waals surface area contributed by atoms with Crippen molar-refractivity contribution in [1.29, 1.82) is 0 Å². The zero-order chi connectivity index (χ0) is 13.2. The van der Waals surface area contributed by atoms with Crippen molar-refractivity contribution < 1.29 is 0 Å². The van der Waals surface area contributed by atoms with Gasteiger partial charge in [-0.3, -0.25) is 4.90 Å². The van der Waals surface area contributed by atoms with E-state index in [-0.39, 0.29) is 5.54 Å².